The molecule has 5 rings (SSSR count). The number of aromatic nitrogens is 3. The summed E-state index contributed by atoms with van der Waals surface area (Å²) in [6.07, 6.45) is 5.47. The average Bonchev–Trinajstić information content (AvgIpc) is 3.55. The average molecular weight is 449 g/mol. The van der Waals surface area contributed by atoms with E-state index in [0.29, 0.717) is 35.9 Å². The number of amides is 1. The fraction of sp³-hybridized carbons (Fsp3) is 0.107. The van der Waals surface area contributed by atoms with Crippen LogP contribution in [0.15, 0.2) is 108 Å². The summed E-state index contributed by atoms with van der Waals surface area (Å²) in [5, 5.41) is 4.45. The largest absolute Gasteiger partial charge is 0.436 e. The minimum absolute atomic E-state index is 0.106. The molecule has 0 aliphatic rings. The molecular formula is C28H24N4O2. The van der Waals surface area contributed by atoms with Crippen LogP contribution in [0.4, 0.5) is 0 Å². The van der Waals surface area contributed by atoms with Crippen molar-refractivity contribution in [2.24, 2.45) is 0 Å². The van der Waals surface area contributed by atoms with Crippen molar-refractivity contribution in [2.45, 2.75) is 13.1 Å². The molecule has 0 bridgehead atoms. The number of hydrogen-bond donors (Lipinski definition) is 0. The highest BCUT2D eigenvalue weighted by Crippen LogP contribution is 2.28. The van der Waals surface area contributed by atoms with Crippen molar-refractivity contribution >= 4 is 5.91 Å². The lowest BCUT2D eigenvalue weighted by molar-refractivity contribution is 0.0785. The maximum absolute atomic E-state index is 13.3. The fourth-order valence-corrected chi connectivity index (χ4v) is 3.89. The lowest BCUT2D eigenvalue weighted by Crippen LogP contribution is -2.26. The van der Waals surface area contributed by atoms with Crippen LogP contribution < -0.4 is 0 Å². The lowest BCUT2D eigenvalue weighted by atomic mass is 10.1. The van der Waals surface area contributed by atoms with E-state index >= 15 is 0 Å². The first kappa shape index (κ1) is 21.4. The van der Waals surface area contributed by atoms with Crippen LogP contribution in [0, 0.1) is 0 Å². The molecular weight excluding hydrogens is 424 g/mol. The van der Waals surface area contributed by atoms with Gasteiger partial charge in [0, 0.05) is 36.5 Å². The molecule has 0 atom stereocenters. The Kier molecular flexibility index (Phi) is 6.03. The van der Waals surface area contributed by atoms with E-state index < -0.39 is 0 Å². The summed E-state index contributed by atoms with van der Waals surface area (Å²) >= 11 is 0. The molecule has 0 fully saturated rings. The maximum atomic E-state index is 13.3. The Morgan fingerprint density at radius 3 is 2.38 bits per heavy atom. The monoisotopic (exact) mass is 448 g/mol. The summed E-state index contributed by atoms with van der Waals surface area (Å²) in [5.74, 6) is 0.981. The van der Waals surface area contributed by atoms with Gasteiger partial charge in [-0.05, 0) is 17.7 Å². The van der Waals surface area contributed by atoms with Crippen LogP contribution in [0.2, 0.25) is 0 Å². The van der Waals surface area contributed by atoms with Crippen LogP contribution in [0.1, 0.15) is 21.5 Å². The number of nitrogens with zero attached hydrogens (tertiary/aromatic N) is 4. The SMILES string of the molecule is CN(Cc1cnn(Cc2ccccc2)c1)C(=O)c1ccccc1-c1ncc(-c2ccccc2)o1. The second-order valence-electron chi connectivity index (χ2n) is 8.13. The zero-order chi connectivity index (χ0) is 23.3. The number of carbonyl (C=O) groups excluding carboxylic acids is 1. The third-order valence-electron chi connectivity index (χ3n) is 5.59. The van der Waals surface area contributed by atoms with Gasteiger partial charge >= 0.3 is 0 Å². The lowest BCUT2D eigenvalue weighted by Gasteiger charge is -2.17. The quantitative estimate of drug-likeness (QED) is 0.329. The molecule has 0 radical (unpaired) electrons. The van der Waals surface area contributed by atoms with Crippen molar-refractivity contribution in [2.75, 3.05) is 7.05 Å². The molecule has 34 heavy (non-hydrogen) atoms. The summed E-state index contributed by atoms with van der Waals surface area (Å²) in [6.45, 7) is 1.14. The van der Waals surface area contributed by atoms with E-state index in [4.69, 9.17) is 4.42 Å². The van der Waals surface area contributed by atoms with Gasteiger partial charge in [0.15, 0.2) is 5.76 Å². The van der Waals surface area contributed by atoms with Crippen molar-refractivity contribution in [1.82, 2.24) is 19.7 Å². The van der Waals surface area contributed by atoms with Crippen molar-refractivity contribution in [3.8, 4) is 22.8 Å². The molecule has 0 unspecified atom stereocenters. The van der Waals surface area contributed by atoms with E-state index in [1.54, 1.807) is 30.4 Å². The zero-order valence-electron chi connectivity index (χ0n) is 18.8. The van der Waals surface area contributed by atoms with E-state index in [1.807, 2.05) is 77.6 Å². The van der Waals surface area contributed by atoms with Crippen molar-refractivity contribution in [3.05, 3.63) is 120 Å². The number of hydrogen-bond acceptors (Lipinski definition) is 4. The van der Waals surface area contributed by atoms with Gasteiger partial charge in [-0.2, -0.15) is 5.10 Å². The Balaban J connectivity index is 1.32. The Hall–Kier alpha value is -4.45. The van der Waals surface area contributed by atoms with Crippen LogP contribution in [0.25, 0.3) is 22.8 Å². The molecule has 5 aromatic rings. The zero-order valence-corrected chi connectivity index (χ0v) is 18.8. The number of carbonyl (C=O) groups is 1. The molecule has 0 N–H and O–H groups in total. The molecule has 1 amide bonds. The molecule has 0 saturated heterocycles. The molecule has 0 saturated carbocycles. The third kappa shape index (κ3) is 4.66. The predicted molar refractivity (Wildman–Crippen MR) is 131 cm³/mol. The molecule has 2 heterocycles. The smallest absolute Gasteiger partial charge is 0.254 e. The molecule has 2 aromatic heterocycles. The molecule has 0 aliphatic carbocycles. The van der Waals surface area contributed by atoms with E-state index in [2.05, 4.69) is 22.2 Å². The Morgan fingerprint density at radius 1 is 0.882 bits per heavy atom. The number of benzene rings is 3. The molecule has 6 nitrogen and oxygen atoms in total. The fourth-order valence-electron chi connectivity index (χ4n) is 3.89. The minimum Gasteiger partial charge on any atom is -0.436 e. The first-order chi connectivity index (χ1) is 16.7. The highest BCUT2D eigenvalue weighted by Gasteiger charge is 2.20. The Bertz CT molecular complexity index is 1390. The second kappa shape index (κ2) is 9.58. The summed E-state index contributed by atoms with van der Waals surface area (Å²) in [7, 11) is 1.79. The minimum atomic E-state index is -0.106. The summed E-state index contributed by atoms with van der Waals surface area (Å²) < 4.78 is 7.89. The van der Waals surface area contributed by atoms with Gasteiger partial charge in [-0.15, -0.1) is 0 Å². The first-order valence-corrected chi connectivity index (χ1v) is 11.1. The van der Waals surface area contributed by atoms with Gasteiger partial charge < -0.3 is 9.32 Å². The molecule has 6 heteroatoms. The number of oxazole rings is 1. The van der Waals surface area contributed by atoms with Crippen LogP contribution >= 0.6 is 0 Å². The molecule has 3 aromatic carbocycles. The normalized spacial score (nSPS) is 10.9. The Morgan fingerprint density at radius 2 is 1.59 bits per heavy atom. The maximum Gasteiger partial charge on any atom is 0.254 e. The van der Waals surface area contributed by atoms with Crippen LogP contribution in [-0.2, 0) is 13.1 Å². The van der Waals surface area contributed by atoms with Gasteiger partial charge in [0.1, 0.15) is 0 Å². The highest BCUT2D eigenvalue weighted by atomic mass is 16.4. The van der Waals surface area contributed by atoms with Gasteiger partial charge in [-0.1, -0.05) is 72.8 Å². The third-order valence-corrected chi connectivity index (χ3v) is 5.59. The standard InChI is InChI=1S/C28H24N4O2/c1-31(18-22-16-30-32(20-22)19-21-10-4-2-5-11-21)28(33)25-15-9-8-14-24(25)27-29-17-26(34-27)23-12-6-3-7-13-23/h2-17,20H,18-19H2,1H3. The number of rotatable bonds is 7. The van der Waals surface area contributed by atoms with Gasteiger partial charge in [0.25, 0.3) is 5.91 Å². The van der Waals surface area contributed by atoms with E-state index in [0.717, 1.165) is 11.1 Å². The van der Waals surface area contributed by atoms with Crippen molar-refractivity contribution in [3.63, 3.8) is 0 Å². The van der Waals surface area contributed by atoms with Crippen molar-refractivity contribution < 1.29 is 9.21 Å². The van der Waals surface area contributed by atoms with E-state index in [1.165, 1.54) is 5.56 Å². The van der Waals surface area contributed by atoms with Gasteiger partial charge in [-0.25, -0.2) is 4.98 Å². The Labute approximate surface area is 198 Å². The highest BCUT2D eigenvalue weighted by molar-refractivity contribution is 5.99. The second-order valence-corrected chi connectivity index (χ2v) is 8.13. The van der Waals surface area contributed by atoms with Crippen molar-refractivity contribution in [1.29, 1.82) is 0 Å². The molecule has 0 spiro atoms. The van der Waals surface area contributed by atoms with Gasteiger partial charge in [-0.3, -0.25) is 9.48 Å². The van der Waals surface area contributed by atoms with Gasteiger partial charge in [0.2, 0.25) is 5.89 Å². The van der Waals surface area contributed by atoms with Gasteiger partial charge in [0.05, 0.1) is 24.5 Å². The topological polar surface area (TPSA) is 64.2 Å². The van der Waals surface area contributed by atoms with Crippen LogP contribution in [0.5, 0.6) is 0 Å². The summed E-state index contributed by atoms with van der Waals surface area (Å²) in [5.41, 5.74) is 4.29. The van der Waals surface area contributed by atoms with E-state index in [-0.39, 0.29) is 5.91 Å². The molecule has 0 aliphatic heterocycles. The van der Waals surface area contributed by atoms with E-state index in [9.17, 15) is 4.79 Å². The first-order valence-electron chi connectivity index (χ1n) is 11.1. The summed E-state index contributed by atoms with van der Waals surface area (Å²) in [6, 6.07) is 27.3. The van der Waals surface area contributed by atoms with Crippen LogP contribution in [-0.4, -0.2) is 32.6 Å². The van der Waals surface area contributed by atoms with Crippen LogP contribution in [0.3, 0.4) is 0 Å². The predicted octanol–water partition coefficient (Wildman–Crippen LogP) is 5.53. The molecule has 168 valence electrons. The summed E-state index contributed by atoms with van der Waals surface area (Å²) in [4.78, 5) is 19.5.